The fourth-order valence-corrected chi connectivity index (χ4v) is 3.23. The molecule has 25 heavy (non-hydrogen) atoms. The lowest BCUT2D eigenvalue weighted by Gasteiger charge is -2.23. The largest absolute Gasteiger partial charge is 0.341 e. The van der Waals surface area contributed by atoms with Gasteiger partial charge in [0.25, 0.3) is 0 Å². The number of nitrogens with zero attached hydrogens (tertiary/aromatic N) is 2. The van der Waals surface area contributed by atoms with Gasteiger partial charge in [0.2, 0.25) is 11.8 Å². The van der Waals surface area contributed by atoms with Crippen molar-refractivity contribution < 1.29 is 9.59 Å². The number of H-pyrrole nitrogens is 2. The minimum atomic E-state index is -0.249. The van der Waals surface area contributed by atoms with Crippen LogP contribution < -0.4 is 5.69 Å². The van der Waals surface area contributed by atoms with Crippen molar-refractivity contribution in [1.29, 1.82) is 0 Å². The molecule has 0 bridgehead atoms. The molecule has 1 aromatic carbocycles. The first-order valence-corrected chi connectivity index (χ1v) is 8.71. The van der Waals surface area contributed by atoms with Crippen molar-refractivity contribution in [3.05, 3.63) is 34.2 Å². The molecule has 1 saturated heterocycles. The van der Waals surface area contributed by atoms with E-state index in [0.717, 1.165) is 17.5 Å². The van der Waals surface area contributed by atoms with Crippen molar-refractivity contribution in [1.82, 2.24) is 19.8 Å². The molecule has 0 spiro atoms. The van der Waals surface area contributed by atoms with Gasteiger partial charge in [-0.1, -0.05) is 19.9 Å². The lowest BCUT2D eigenvalue weighted by Crippen LogP contribution is -2.39. The standard InChI is InChI=1S/C18H24N4O3/c1-12(2)17(24)22-7-3-6-21(8-9-22)16(23)11-13-4-5-14-15(10-13)20-18(25)19-14/h4-5,10,12H,3,6-9,11H2,1-2H3,(H2,19,20,25). The molecule has 134 valence electrons. The third-order valence-corrected chi connectivity index (χ3v) is 4.59. The van der Waals surface area contributed by atoms with Gasteiger partial charge in [0.05, 0.1) is 17.5 Å². The molecule has 7 heteroatoms. The minimum Gasteiger partial charge on any atom is -0.341 e. The zero-order valence-corrected chi connectivity index (χ0v) is 14.7. The van der Waals surface area contributed by atoms with E-state index in [9.17, 15) is 14.4 Å². The molecule has 2 N–H and O–H groups in total. The van der Waals surface area contributed by atoms with Crippen LogP contribution in [0.25, 0.3) is 11.0 Å². The third kappa shape index (κ3) is 3.92. The molecular weight excluding hydrogens is 320 g/mol. The quantitative estimate of drug-likeness (QED) is 0.874. The predicted molar refractivity (Wildman–Crippen MR) is 95.2 cm³/mol. The zero-order chi connectivity index (χ0) is 18.0. The molecule has 7 nitrogen and oxygen atoms in total. The summed E-state index contributed by atoms with van der Waals surface area (Å²) in [5, 5.41) is 0. The fraction of sp³-hybridized carbons (Fsp3) is 0.500. The third-order valence-electron chi connectivity index (χ3n) is 4.59. The van der Waals surface area contributed by atoms with Crippen LogP contribution in [0, 0.1) is 5.92 Å². The van der Waals surface area contributed by atoms with E-state index in [2.05, 4.69) is 9.97 Å². The lowest BCUT2D eigenvalue weighted by atomic mass is 10.1. The number of imidazole rings is 1. The van der Waals surface area contributed by atoms with E-state index < -0.39 is 0 Å². The summed E-state index contributed by atoms with van der Waals surface area (Å²) in [4.78, 5) is 45.2. The van der Waals surface area contributed by atoms with Crippen molar-refractivity contribution in [2.75, 3.05) is 26.2 Å². The van der Waals surface area contributed by atoms with Crippen molar-refractivity contribution in [3.8, 4) is 0 Å². The van der Waals surface area contributed by atoms with Crippen LogP contribution in [0.2, 0.25) is 0 Å². The summed E-state index contributed by atoms with van der Waals surface area (Å²) in [7, 11) is 0. The molecule has 3 rings (SSSR count). The van der Waals surface area contributed by atoms with E-state index in [-0.39, 0.29) is 23.4 Å². The first-order chi connectivity index (χ1) is 11.9. The number of nitrogens with one attached hydrogen (secondary N) is 2. The smallest absolute Gasteiger partial charge is 0.323 e. The molecule has 0 unspecified atom stereocenters. The molecule has 0 saturated carbocycles. The maximum atomic E-state index is 12.6. The molecule has 2 heterocycles. The molecule has 2 amide bonds. The molecule has 1 aliphatic rings. The molecule has 2 aromatic rings. The number of benzene rings is 1. The van der Waals surface area contributed by atoms with Gasteiger partial charge in [-0.2, -0.15) is 0 Å². The van der Waals surface area contributed by atoms with Crippen LogP contribution in [0.15, 0.2) is 23.0 Å². The van der Waals surface area contributed by atoms with E-state index >= 15 is 0 Å². The molecule has 1 aliphatic heterocycles. The van der Waals surface area contributed by atoms with Gasteiger partial charge in [-0.25, -0.2) is 4.79 Å². The highest BCUT2D eigenvalue weighted by Gasteiger charge is 2.23. The van der Waals surface area contributed by atoms with Crippen LogP contribution in [0.3, 0.4) is 0 Å². The van der Waals surface area contributed by atoms with Gasteiger partial charge in [-0.05, 0) is 24.1 Å². The second-order valence-corrected chi connectivity index (χ2v) is 6.85. The van der Waals surface area contributed by atoms with Gasteiger partial charge in [0, 0.05) is 32.1 Å². The van der Waals surface area contributed by atoms with E-state index in [0.29, 0.717) is 38.1 Å². The Morgan fingerprint density at radius 1 is 1.04 bits per heavy atom. The van der Waals surface area contributed by atoms with Gasteiger partial charge in [0.15, 0.2) is 0 Å². The summed E-state index contributed by atoms with van der Waals surface area (Å²) in [6.45, 7) is 6.34. The Morgan fingerprint density at radius 3 is 2.48 bits per heavy atom. The van der Waals surface area contributed by atoms with Crippen LogP contribution in [0.5, 0.6) is 0 Å². The lowest BCUT2D eigenvalue weighted by molar-refractivity contribution is -0.135. The van der Waals surface area contributed by atoms with Crippen molar-refractivity contribution in [2.24, 2.45) is 5.92 Å². The Balaban J connectivity index is 1.64. The second kappa shape index (κ2) is 7.13. The van der Waals surface area contributed by atoms with Crippen molar-refractivity contribution in [2.45, 2.75) is 26.7 Å². The van der Waals surface area contributed by atoms with Crippen LogP contribution in [-0.4, -0.2) is 57.8 Å². The Hall–Kier alpha value is -2.57. The minimum absolute atomic E-state index is 0.0162. The molecule has 0 aliphatic carbocycles. The summed E-state index contributed by atoms with van der Waals surface area (Å²) in [6.07, 6.45) is 1.09. The topological polar surface area (TPSA) is 89.3 Å². The van der Waals surface area contributed by atoms with Gasteiger partial charge in [0.1, 0.15) is 0 Å². The average molecular weight is 344 g/mol. The SMILES string of the molecule is CC(C)C(=O)N1CCCN(C(=O)Cc2ccc3[nH]c(=O)[nH]c3c2)CC1. The maximum absolute atomic E-state index is 12.6. The number of aromatic amines is 2. The number of fused-ring (bicyclic) bond motifs is 1. The molecular formula is C18H24N4O3. The molecule has 0 radical (unpaired) electrons. The first kappa shape index (κ1) is 17.3. The number of hydrogen-bond acceptors (Lipinski definition) is 3. The number of hydrogen-bond donors (Lipinski definition) is 2. The predicted octanol–water partition coefficient (Wildman–Crippen LogP) is 1.12. The van der Waals surface area contributed by atoms with Crippen molar-refractivity contribution >= 4 is 22.8 Å². The number of carbonyl (C=O) groups excluding carboxylic acids is 2. The Kier molecular flexibility index (Phi) is 4.92. The summed E-state index contributed by atoms with van der Waals surface area (Å²) < 4.78 is 0. The number of carbonyl (C=O) groups is 2. The number of amides is 2. The van der Waals surface area contributed by atoms with Crippen LogP contribution >= 0.6 is 0 Å². The first-order valence-electron chi connectivity index (χ1n) is 8.71. The highest BCUT2D eigenvalue weighted by atomic mass is 16.2. The Morgan fingerprint density at radius 2 is 1.72 bits per heavy atom. The second-order valence-electron chi connectivity index (χ2n) is 6.85. The van der Waals surface area contributed by atoms with E-state index in [1.165, 1.54) is 0 Å². The summed E-state index contributed by atoms with van der Waals surface area (Å²) in [6, 6.07) is 5.50. The molecule has 1 aromatic heterocycles. The van der Waals surface area contributed by atoms with Crippen LogP contribution in [0.4, 0.5) is 0 Å². The van der Waals surface area contributed by atoms with Crippen molar-refractivity contribution in [3.63, 3.8) is 0 Å². The molecule has 0 atom stereocenters. The normalized spacial score (nSPS) is 15.6. The highest BCUT2D eigenvalue weighted by Crippen LogP contribution is 2.13. The van der Waals surface area contributed by atoms with E-state index in [1.807, 2.05) is 35.8 Å². The van der Waals surface area contributed by atoms with Crippen LogP contribution in [-0.2, 0) is 16.0 Å². The monoisotopic (exact) mass is 344 g/mol. The Bertz CT molecular complexity index is 836. The highest BCUT2D eigenvalue weighted by molar-refractivity contribution is 5.82. The zero-order valence-electron chi connectivity index (χ0n) is 14.7. The molecule has 1 fully saturated rings. The Labute approximate surface area is 146 Å². The number of aromatic nitrogens is 2. The van der Waals surface area contributed by atoms with Gasteiger partial charge in [-0.15, -0.1) is 0 Å². The van der Waals surface area contributed by atoms with Gasteiger partial charge >= 0.3 is 5.69 Å². The fourth-order valence-electron chi connectivity index (χ4n) is 3.23. The van der Waals surface area contributed by atoms with E-state index in [4.69, 9.17) is 0 Å². The van der Waals surface area contributed by atoms with E-state index in [1.54, 1.807) is 6.07 Å². The average Bonchev–Trinajstić information content (AvgIpc) is 2.78. The maximum Gasteiger partial charge on any atom is 0.323 e. The summed E-state index contributed by atoms with van der Waals surface area (Å²) in [5.41, 5.74) is 2.06. The van der Waals surface area contributed by atoms with Crippen LogP contribution in [0.1, 0.15) is 25.8 Å². The van der Waals surface area contributed by atoms with Gasteiger partial charge in [-0.3, -0.25) is 9.59 Å². The number of rotatable bonds is 3. The van der Waals surface area contributed by atoms with Gasteiger partial charge < -0.3 is 19.8 Å². The summed E-state index contributed by atoms with van der Waals surface area (Å²) >= 11 is 0. The summed E-state index contributed by atoms with van der Waals surface area (Å²) in [5.74, 6) is 0.185.